The molecular weight excluding hydrogens is 396 g/mol. The Morgan fingerprint density at radius 1 is 0.867 bits per heavy atom. The number of ketones is 1. The molecule has 0 radical (unpaired) electrons. The maximum absolute atomic E-state index is 12.9. The van der Waals surface area contributed by atoms with Gasteiger partial charge in [0.15, 0.2) is 5.78 Å². The monoisotopic (exact) mass is 418 g/mol. The number of carbonyl (C=O) groups excluding carboxylic acids is 2. The van der Waals surface area contributed by atoms with E-state index in [-0.39, 0.29) is 11.7 Å². The molecule has 1 saturated heterocycles. The minimum Gasteiger partial charge on any atom is -0.321 e. The van der Waals surface area contributed by atoms with Gasteiger partial charge in [-0.05, 0) is 61.8 Å². The second-order valence-electron chi connectivity index (χ2n) is 7.52. The summed E-state index contributed by atoms with van der Waals surface area (Å²) in [6, 6.07) is 21.5. The highest BCUT2D eigenvalue weighted by molar-refractivity contribution is 6.31. The number of amides is 1. The van der Waals surface area contributed by atoms with Crippen LogP contribution in [0.15, 0.2) is 72.8 Å². The average molecular weight is 419 g/mol. The lowest BCUT2D eigenvalue weighted by Crippen LogP contribution is -2.18. The van der Waals surface area contributed by atoms with Crippen molar-refractivity contribution in [1.29, 1.82) is 0 Å². The minimum absolute atomic E-state index is 0.186. The zero-order chi connectivity index (χ0) is 20.9. The summed E-state index contributed by atoms with van der Waals surface area (Å²) < 4.78 is 0. The molecule has 1 heterocycles. The van der Waals surface area contributed by atoms with Crippen LogP contribution >= 0.6 is 11.6 Å². The molecule has 3 aromatic rings. The lowest BCUT2D eigenvalue weighted by atomic mass is 10.0. The van der Waals surface area contributed by atoms with Gasteiger partial charge in [0.1, 0.15) is 0 Å². The lowest BCUT2D eigenvalue weighted by molar-refractivity contribution is 0.102. The van der Waals surface area contributed by atoms with Gasteiger partial charge in [-0.25, -0.2) is 0 Å². The Morgan fingerprint density at radius 2 is 1.57 bits per heavy atom. The molecule has 0 saturated carbocycles. The zero-order valence-electron chi connectivity index (χ0n) is 16.6. The molecule has 0 aromatic heterocycles. The number of nitrogens with zero attached hydrogens (tertiary/aromatic N) is 1. The van der Waals surface area contributed by atoms with Gasteiger partial charge in [-0.1, -0.05) is 54.1 Å². The Bertz CT molecular complexity index is 1040. The van der Waals surface area contributed by atoms with Crippen LogP contribution in [0.25, 0.3) is 0 Å². The molecule has 1 fully saturated rings. The van der Waals surface area contributed by atoms with Crippen molar-refractivity contribution < 1.29 is 9.59 Å². The van der Waals surface area contributed by atoms with Crippen LogP contribution in [0, 0.1) is 0 Å². The van der Waals surface area contributed by atoms with Crippen LogP contribution in [0.3, 0.4) is 0 Å². The van der Waals surface area contributed by atoms with Crippen molar-refractivity contribution >= 4 is 29.0 Å². The third-order valence-electron chi connectivity index (χ3n) is 5.33. The van der Waals surface area contributed by atoms with Gasteiger partial charge in [-0.2, -0.15) is 0 Å². The van der Waals surface area contributed by atoms with Crippen LogP contribution < -0.4 is 5.32 Å². The molecule has 1 amide bonds. The van der Waals surface area contributed by atoms with Gasteiger partial charge in [0, 0.05) is 28.3 Å². The maximum Gasteiger partial charge on any atom is 0.255 e. The maximum atomic E-state index is 12.9. The van der Waals surface area contributed by atoms with Crippen LogP contribution in [0.2, 0.25) is 5.02 Å². The predicted molar refractivity (Wildman–Crippen MR) is 120 cm³/mol. The van der Waals surface area contributed by atoms with Gasteiger partial charge in [-0.15, -0.1) is 0 Å². The molecule has 0 aliphatic carbocycles. The Morgan fingerprint density at radius 3 is 2.27 bits per heavy atom. The molecule has 0 atom stereocenters. The molecule has 3 aromatic carbocycles. The molecule has 152 valence electrons. The summed E-state index contributed by atoms with van der Waals surface area (Å²) in [5.41, 5.74) is 3.10. The number of likely N-dealkylation sites (tertiary alicyclic amines) is 1. The molecule has 0 bridgehead atoms. The number of nitrogens with one attached hydrogen (secondary N) is 1. The normalized spacial score (nSPS) is 13.9. The third-order valence-corrected chi connectivity index (χ3v) is 5.57. The number of hydrogen-bond acceptors (Lipinski definition) is 3. The van der Waals surface area contributed by atoms with Crippen molar-refractivity contribution in [3.8, 4) is 0 Å². The smallest absolute Gasteiger partial charge is 0.255 e. The summed E-state index contributed by atoms with van der Waals surface area (Å²) >= 11 is 6.12. The number of carbonyl (C=O) groups is 2. The van der Waals surface area contributed by atoms with Crippen molar-refractivity contribution in [2.45, 2.75) is 19.4 Å². The molecule has 4 rings (SSSR count). The predicted octanol–water partition coefficient (Wildman–Crippen LogP) is 5.42. The molecule has 0 spiro atoms. The van der Waals surface area contributed by atoms with E-state index >= 15 is 0 Å². The molecule has 30 heavy (non-hydrogen) atoms. The fourth-order valence-corrected chi connectivity index (χ4v) is 3.89. The topological polar surface area (TPSA) is 49.4 Å². The molecule has 5 heteroatoms. The Hall–Kier alpha value is -2.95. The highest BCUT2D eigenvalue weighted by Crippen LogP contribution is 2.24. The number of rotatable bonds is 6. The first-order chi connectivity index (χ1) is 14.6. The standard InChI is InChI=1S/C25H23ClN2O2/c26-21-12-13-23(22(16-21)24(29)19-6-2-1-3-7-19)27-25(30)20-10-8-18(9-11-20)17-28-14-4-5-15-28/h1-3,6-13,16H,4-5,14-15,17H2,(H,27,30). The van der Waals surface area contributed by atoms with E-state index in [0.29, 0.717) is 27.4 Å². The molecule has 1 aliphatic heterocycles. The summed E-state index contributed by atoms with van der Waals surface area (Å²) in [5, 5.41) is 3.31. The summed E-state index contributed by atoms with van der Waals surface area (Å²) in [6.07, 6.45) is 2.51. The number of hydrogen-bond donors (Lipinski definition) is 1. The number of anilines is 1. The van der Waals surface area contributed by atoms with Crippen molar-refractivity contribution in [2.75, 3.05) is 18.4 Å². The van der Waals surface area contributed by atoms with E-state index in [2.05, 4.69) is 10.2 Å². The van der Waals surface area contributed by atoms with E-state index < -0.39 is 0 Å². The van der Waals surface area contributed by atoms with E-state index in [1.807, 2.05) is 30.3 Å². The average Bonchev–Trinajstić information content (AvgIpc) is 3.28. The van der Waals surface area contributed by atoms with Gasteiger partial charge < -0.3 is 5.32 Å². The van der Waals surface area contributed by atoms with Crippen molar-refractivity contribution in [1.82, 2.24) is 4.90 Å². The fourth-order valence-electron chi connectivity index (χ4n) is 3.71. The van der Waals surface area contributed by atoms with Crippen LogP contribution in [0.1, 0.15) is 44.7 Å². The van der Waals surface area contributed by atoms with Gasteiger partial charge in [0.25, 0.3) is 5.91 Å². The van der Waals surface area contributed by atoms with Crippen molar-refractivity contribution in [3.05, 3.63) is 100 Å². The summed E-state index contributed by atoms with van der Waals surface area (Å²) in [7, 11) is 0. The highest BCUT2D eigenvalue weighted by Gasteiger charge is 2.17. The Kier molecular flexibility index (Phi) is 6.26. The number of halogens is 1. The van der Waals surface area contributed by atoms with Crippen LogP contribution in [-0.2, 0) is 6.54 Å². The van der Waals surface area contributed by atoms with E-state index in [1.165, 1.54) is 18.4 Å². The van der Waals surface area contributed by atoms with Gasteiger partial charge in [-0.3, -0.25) is 14.5 Å². The van der Waals surface area contributed by atoms with Gasteiger partial charge >= 0.3 is 0 Å². The van der Waals surface area contributed by atoms with E-state index in [9.17, 15) is 9.59 Å². The summed E-state index contributed by atoms with van der Waals surface area (Å²) in [4.78, 5) is 28.2. The van der Waals surface area contributed by atoms with Crippen LogP contribution in [-0.4, -0.2) is 29.7 Å². The molecule has 1 aliphatic rings. The summed E-state index contributed by atoms with van der Waals surface area (Å²) in [6.45, 7) is 3.18. The second-order valence-corrected chi connectivity index (χ2v) is 7.96. The first kappa shape index (κ1) is 20.3. The number of benzene rings is 3. The van der Waals surface area contributed by atoms with Crippen molar-refractivity contribution in [2.24, 2.45) is 0 Å². The van der Waals surface area contributed by atoms with Gasteiger partial charge in [0.05, 0.1) is 5.69 Å². The molecular formula is C25H23ClN2O2. The quantitative estimate of drug-likeness (QED) is 0.544. The van der Waals surface area contributed by atoms with E-state index in [1.54, 1.807) is 42.5 Å². The zero-order valence-corrected chi connectivity index (χ0v) is 17.4. The van der Waals surface area contributed by atoms with Gasteiger partial charge in [0.2, 0.25) is 0 Å². The Labute approximate surface area is 181 Å². The minimum atomic E-state index is -0.257. The fraction of sp³-hybridized carbons (Fsp3) is 0.200. The van der Waals surface area contributed by atoms with Crippen LogP contribution in [0.4, 0.5) is 5.69 Å². The van der Waals surface area contributed by atoms with E-state index in [0.717, 1.165) is 19.6 Å². The third kappa shape index (κ3) is 4.78. The Balaban J connectivity index is 1.51. The largest absolute Gasteiger partial charge is 0.321 e. The molecule has 0 unspecified atom stereocenters. The SMILES string of the molecule is O=C(Nc1ccc(Cl)cc1C(=O)c1ccccc1)c1ccc(CN2CCCC2)cc1. The van der Waals surface area contributed by atoms with E-state index in [4.69, 9.17) is 11.6 Å². The molecule has 1 N–H and O–H groups in total. The highest BCUT2D eigenvalue weighted by atomic mass is 35.5. The second kappa shape index (κ2) is 9.24. The first-order valence-electron chi connectivity index (χ1n) is 10.1. The molecule has 4 nitrogen and oxygen atoms in total. The summed E-state index contributed by atoms with van der Waals surface area (Å²) in [5.74, 6) is -0.443. The lowest BCUT2D eigenvalue weighted by Gasteiger charge is -2.15. The van der Waals surface area contributed by atoms with Crippen molar-refractivity contribution in [3.63, 3.8) is 0 Å². The first-order valence-corrected chi connectivity index (χ1v) is 10.5. The van der Waals surface area contributed by atoms with Crippen LogP contribution in [0.5, 0.6) is 0 Å².